The predicted molar refractivity (Wildman–Crippen MR) is 39.1 cm³/mol. The van der Waals surface area contributed by atoms with E-state index in [0.717, 1.165) is 0 Å². The third kappa shape index (κ3) is 1.08. The lowest BCUT2D eigenvalue weighted by Crippen LogP contribution is -2.14. The maximum Gasteiger partial charge on any atom is 0.167 e. The SMILES string of the molecule is Cn1ccnc1C(N)=S. The summed E-state index contributed by atoms with van der Waals surface area (Å²) in [4.78, 5) is 4.25. The van der Waals surface area contributed by atoms with Crippen molar-refractivity contribution >= 4 is 17.2 Å². The first-order valence-electron chi connectivity index (χ1n) is 2.49. The van der Waals surface area contributed by atoms with E-state index in [9.17, 15) is 0 Å². The largest absolute Gasteiger partial charge is 0.387 e. The van der Waals surface area contributed by atoms with Gasteiger partial charge in [-0.15, -0.1) is 0 Å². The molecule has 1 aromatic rings. The maximum atomic E-state index is 5.31. The van der Waals surface area contributed by atoms with Crippen LogP contribution in [0.1, 0.15) is 5.82 Å². The summed E-state index contributed by atoms with van der Waals surface area (Å²) >= 11 is 4.70. The topological polar surface area (TPSA) is 43.8 Å². The maximum absolute atomic E-state index is 5.31. The number of hydrogen-bond donors (Lipinski definition) is 1. The number of aromatic nitrogens is 2. The van der Waals surface area contributed by atoms with Crippen molar-refractivity contribution in [1.82, 2.24) is 9.55 Å². The number of thiocarbonyl (C=S) groups is 1. The molecule has 0 bridgehead atoms. The second-order valence-electron chi connectivity index (χ2n) is 1.73. The molecular weight excluding hydrogens is 134 g/mol. The molecule has 48 valence electrons. The zero-order valence-electron chi connectivity index (χ0n) is 5.03. The molecule has 0 saturated carbocycles. The molecule has 9 heavy (non-hydrogen) atoms. The van der Waals surface area contributed by atoms with Crippen LogP contribution in [0.3, 0.4) is 0 Å². The highest BCUT2D eigenvalue weighted by atomic mass is 32.1. The molecule has 3 nitrogen and oxygen atoms in total. The van der Waals surface area contributed by atoms with Crippen LogP contribution in [0.5, 0.6) is 0 Å². The van der Waals surface area contributed by atoms with Gasteiger partial charge in [0.1, 0.15) is 4.99 Å². The molecule has 1 aromatic heterocycles. The number of imidazole rings is 1. The lowest BCUT2D eigenvalue weighted by molar-refractivity contribution is 0.899. The van der Waals surface area contributed by atoms with Crippen LogP contribution in [0.4, 0.5) is 0 Å². The fraction of sp³-hybridized carbons (Fsp3) is 0.200. The Balaban J connectivity index is 3.08. The van der Waals surface area contributed by atoms with E-state index in [1.165, 1.54) is 0 Å². The molecule has 0 aliphatic carbocycles. The van der Waals surface area contributed by atoms with Crippen LogP contribution in [0.25, 0.3) is 0 Å². The third-order valence-corrected chi connectivity index (χ3v) is 1.22. The molecule has 0 aliphatic heterocycles. The normalized spacial score (nSPS) is 9.44. The van der Waals surface area contributed by atoms with Crippen LogP contribution in [0.15, 0.2) is 12.4 Å². The Morgan fingerprint density at radius 3 is 2.78 bits per heavy atom. The fourth-order valence-electron chi connectivity index (χ4n) is 0.603. The first kappa shape index (κ1) is 6.22. The molecule has 4 heteroatoms. The second kappa shape index (κ2) is 2.14. The molecule has 0 amide bonds. The van der Waals surface area contributed by atoms with E-state index in [1.807, 2.05) is 7.05 Å². The van der Waals surface area contributed by atoms with E-state index < -0.39 is 0 Å². The fourth-order valence-corrected chi connectivity index (χ4v) is 0.800. The predicted octanol–water partition coefficient (Wildman–Crippen LogP) is 0.0543. The minimum absolute atomic E-state index is 0.336. The van der Waals surface area contributed by atoms with Crippen LogP contribution < -0.4 is 5.73 Å². The molecule has 0 saturated heterocycles. The summed E-state index contributed by atoms with van der Waals surface area (Å²) in [6.45, 7) is 0. The summed E-state index contributed by atoms with van der Waals surface area (Å²) in [5, 5.41) is 0. The van der Waals surface area contributed by atoms with Crippen molar-refractivity contribution in [3.63, 3.8) is 0 Å². The Morgan fingerprint density at radius 1 is 1.89 bits per heavy atom. The van der Waals surface area contributed by atoms with Crippen molar-refractivity contribution in [3.05, 3.63) is 18.2 Å². The van der Waals surface area contributed by atoms with Crippen molar-refractivity contribution in [1.29, 1.82) is 0 Å². The molecular formula is C5H7N3S. The minimum Gasteiger partial charge on any atom is -0.387 e. The average molecular weight is 141 g/mol. The van der Waals surface area contributed by atoms with Gasteiger partial charge in [-0.05, 0) is 0 Å². The van der Waals surface area contributed by atoms with E-state index in [2.05, 4.69) is 4.98 Å². The second-order valence-corrected chi connectivity index (χ2v) is 2.17. The lowest BCUT2D eigenvalue weighted by Gasteiger charge is -1.94. The van der Waals surface area contributed by atoms with Crippen molar-refractivity contribution < 1.29 is 0 Å². The monoisotopic (exact) mass is 141 g/mol. The summed E-state index contributed by atoms with van der Waals surface area (Å²) in [5.74, 6) is 0.657. The van der Waals surface area contributed by atoms with Gasteiger partial charge >= 0.3 is 0 Å². The van der Waals surface area contributed by atoms with Gasteiger partial charge in [-0.1, -0.05) is 12.2 Å². The zero-order valence-corrected chi connectivity index (χ0v) is 5.85. The van der Waals surface area contributed by atoms with E-state index in [0.29, 0.717) is 10.8 Å². The van der Waals surface area contributed by atoms with E-state index >= 15 is 0 Å². The van der Waals surface area contributed by atoms with Crippen LogP contribution in [-0.4, -0.2) is 14.5 Å². The van der Waals surface area contributed by atoms with Crippen LogP contribution in [0, 0.1) is 0 Å². The molecule has 0 unspecified atom stereocenters. The molecule has 0 spiro atoms. The Bertz CT molecular complexity index is 228. The van der Waals surface area contributed by atoms with Gasteiger partial charge in [0.05, 0.1) is 0 Å². The summed E-state index contributed by atoms with van der Waals surface area (Å²) < 4.78 is 1.78. The number of hydrogen-bond acceptors (Lipinski definition) is 2. The highest BCUT2D eigenvalue weighted by Crippen LogP contribution is 1.91. The number of rotatable bonds is 1. The van der Waals surface area contributed by atoms with Gasteiger partial charge in [0.25, 0.3) is 0 Å². The summed E-state index contributed by atoms with van der Waals surface area (Å²) in [5.41, 5.74) is 5.31. The van der Waals surface area contributed by atoms with Crippen LogP contribution in [0.2, 0.25) is 0 Å². The third-order valence-electron chi connectivity index (χ3n) is 1.04. The average Bonchev–Trinajstić information content (AvgIpc) is 2.13. The van der Waals surface area contributed by atoms with Gasteiger partial charge in [-0.2, -0.15) is 0 Å². The summed E-state index contributed by atoms with van der Waals surface area (Å²) in [6.07, 6.45) is 3.46. The standard InChI is InChI=1S/C5H7N3S/c1-8-3-2-7-5(8)4(6)9/h2-3H,1H3,(H2,6,9). The molecule has 2 N–H and O–H groups in total. The van der Waals surface area contributed by atoms with Crippen molar-refractivity contribution in [3.8, 4) is 0 Å². The quantitative estimate of drug-likeness (QED) is 0.562. The van der Waals surface area contributed by atoms with Gasteiger partial charge < -0.3 is 10.3 Å². The Kier molecular flexibility index (Phi) is 1.48. The Morgan fingerprint density at radius 2 is 2.56 bits per heavy atom. The molecule has 0 fully saturated rings. The number of nitrogens with zero attached hydrogens (tertiary/aromatic N) is 2. The smallest absolute Gasteiger partial charge is 0.167 e. The minimum atomic E-state index is 0.336. The summed E-state index contributed by atoms with van der Waals surface area (Å²) in [6, 6.07) is 0. The van der Waals surface area contributed by atoms with E-state index in [-0.39, 0.29) is 0 Å². The number of aryl methyl sites for hydroxylation is 1. The van der Waals surface area contributed by atoms with Gasteiger partial charge in [0.15, 0.2) is 5.82 Å². The van der Waals surface area contributed by atoms with Gasteiger partial charge in [-0.25, -0.2) is 4.98 Å². The first-order valence-corrected chi connectivity index (χ1v) is 2.90. The van der Waals surface area contributed by atoms with Crippen molar-refractivity contribution in [2.24, 2.45) is 12.8 Å². The van der Waals surface area contributed by atoms with Gasteiger partial charge in [0.2, 0.25) is 0 Å². The Hall–Kier alpha value is -0.900. The first-order chi connectivity index (χ1) is 4.22. The molecule has 0 aromatic carbocycles. The molecule has 1 heterocycles. The molecule has 0 atom stereocenters. The lowest BCUT2D eigenvalue weighted by atomic mass is 10.6. The van der Waals surface area contributed by atoms with E-state index in [1.54, 1.807) is 17.0 Å². The van der Waals surface area contributed by atoms with Crippen molar-refractivity contribution in [2.75, 3.05) is 0 Å². The number of nitrogens with two attached hydrogens (primary N) is 1. The zero-order chi connectivity index (χ0) is 6.85. The van der Waals surface area contributed by atoms with Crippen LogP contribution >= 0.6 is 12.2 Å². The highest BCUT2D eigenvalue weighted by Gasteiger charge is 1.98. The van der Waals surface area contributed by atoms with E-state index in [4.69, 9.17) is 18.0 Å². The molecule has 0 aliphatic rings. The summed E-state index contributed by atoms with van der Waals surface area (Å²) in [7, 11) is 1.85. The van der Waals surface area contributed by atoms with Crippen molar-refractivity contribution in [2.45, 2.75) is 0 Å². The molecule has 1 rings (SSSR count). The highest BCUT2D eigenvalue weighted by molar-refractivity contribution is 7.80. The Labute approximate surface area is 58.5 Å². The van der Waals surface area contributed by atoms with Gasteiger partial charge in [0, 0.05) is 19.4 Å². The van der Waals surface area contributed by atoms with Gasteiger partial charge in [-0.3, -0.25) is 0 Å². The van der Waals surface area contributed by atoms with Crippen LogP contribution in [-0.2, 0) is 7.05 Å². The molecule has 0 radical (unpaired) electrons.